The first kappa shape index (κ1) is 13.3. The molecule has 0 spiro atoms. The van der Waals surface area contributed by atoms with Gasteiger partial charge < -0.3 is 11.1 Å². The summed E-state index contributed by atoms with van der Waals surface area (Å²) in [5.74, 6) is -0.347. The smallest absolute Gasteiger partial charge is 0.242 e. The van der Waals surface area contributed by atoms with E-state index >= 15 is 0 Å². The van der Waals surface area contributed by atoms with E-state index in [1.165, 1.54) is 5.56 Å². The first-order chi connectivity index (χ1) is 7.98. The zero-order valence-corrected chi connectivity index (χ0v) is 10.5. The van der Waals surface area contributed by atoms with Gasteiger partial charge in [-0.3, -0.25) is 4.79 Å². The van der Waals surface area contributed by atoms with Gasteiger partial charge in [0.25, 0.3) is 0 Å². The Labute approximate surface area is 103 Å². The lowest BCUT2D eigenvalue weighted by molar-refractivity contribution is -0.121. The molecule has 0 radical (unpaired) electrons. The summed E-state index contributed by atoms with van der Waals surface area (Å²) in [4.78, 5) is 11.5. The highest BCUT2D eigenvalue weighted by molar-refractivity contribution is 5.87. The highest BCUT2D eigenvalue weighted by Crippen LogP contribution is 2.20. The lowest BCUT2D eigenvalue weighted by Gasteiger charge is -2.28. The van der Waals surface area contributed by atoms with Gasteiger partial charge >= 0.3 is 0 Å². The Morgan fingerprint density at radius 2 is 2.06 bits per heavy atom. The van der Waals surface area contributed by atoms with E-state index in [1.54, 1.807) is 6.08 Å². The van der Waals surface area contributed by atoms with E-state index in [-0.39, 0.29) is 5.91 Å². The number of allylic oxidation sites excluding steroid dienone is 1. The van der Waals surface area contributed by atoms with Gasteiger partial charge in [-0.25, -0.2) is 0 Å². The zero-order chi connectivity index (χ0) is 12.9. The first-order valence-electron chi connectivity index (χ1n) is 5.73. The van der Waals surface area contributed by atoms with Crippen molar-refractivity contribution in [1.29, 1.82) is 0 Å². The van der Waals surface area contributed by atoms with Gasteiger partial charge in [-0.1, -0.05) is 23.8 Å². The fourth-order valence-corrected chi connectivity index (χ4v) is 1.59. The summed E-state index contributed by atoms with van der Waals surface area (Å²) in [6.07, 6.45) is 3.18. The third-order valence-corrected chi connectivity index (χ3v) is 2.86. The Bertz CT molecular complexity index is 397. The predicted octanol–water partition coefficient (Wildman–Crippen LogP) is 2.62. The van der Waals surface area contributed by atoms with Gasteiger partial charge in [-0.15, -0.1) is 6.58 Å². The molecule has 1 unspecified atom stereocenters. The molecule has 17 heavy (non-hydrogen) atoms. The van der Waals surface area contributed by atoms with E-state index in [1.807, 2.05) is 38.1 Å². The molecule has 1 rings (SSSR count). The lowest BCUT2D eigenvalue weighted by Crippen LogP contribution is -2.47. The maximum atomic E-state index is 11.5. The second kappa shape index (κ2) is 5.53. The molecule has 1 amide bonds. The number of anilines is 1. The normalized spacial score (nSPS) is 13.8. The van der Waals surface area contributed by atoms with Crippen LogP contribution in [-0.4, -0.2) is 11.4 Å². The molecule has 3 heteroatoms. The minimum atomic E-state index is -0.733. The van der Waals surface area contributed by atoms with Crippen molar-refractivity contribution in [1.82, 2.24) is 0 Å². The number of aryl methyl sites for hydroxylation is 1. The molecule has 1 aromatic rings. The summed E-state index contributed by atoms with van der Waals surface area (Å²) < 4.78 is 0. The van der Waals surface area contributed by atoms with Gasteiger partial charge in [0.2, 0.25) is 5.91 Å². The van der Waals surface area contributed by atoms with Crippen molar-refractivity contribution in [3.8, 4) is 0 Å². The number of amides is 1. The van der Waals surface area contributed by atoms with Crippen molar-refractivity contribution in [2.75, 3.05) is 5.32 Å². The van der Waals surface area contributed by atoms with Gasteiger partial charge in [0.05, 0.1) is 0 Å². The van der Waals surface area contributed by atoms with E-state index in [0.29, 0.717) is 6.42 Å². The maximum Gasteiger partial charge on any atom is 0.242 e. The highest BCUT2D eigenvalue weighted by atomic mass is 16.1. The molecule has 0 saturated carbocycles. The lowest BCUT2D eigenvalue weighted by atomic mass is 9.94. The van der Waals surface area contributed by atoms with Crippen LogP contribution in [0.3, 0.4) is 0 Å². The Morgan fingerprint density at radius 3 is 2.53 bits per heavy atom. The van der Waals surface area contributed by atoms with Crippen molar-refractivity contribution >= 4 is 11.6 Å². The maximum absolute atomic E-state index is 11.5. The van der Waals surface area contributed by atoms with Crippen LogP contribution in [0.15, 0.2) is 36.9 Å². The molecule has 92 valence electrons. The summed E-state index contributed by atoms with van der Waals surface area (Å²) in [6, 6.07) is 7.89. The van der Waals surface area contributed by atoms with Gasteiger partial charge in [0.15, 0.2) is 0 Å². The molecule has 0 heterocycles. The molecular formula is C14H20N2O. The van der Waals surface area contributed by atoms with E-state index in [0.717, 1.165) is 12.1 Å². The molecule has 0 bridgehead atoms. The van der Waals surface area contributed by atoms with Gasteiger partial charge in [0, 0.05) is 5.69 Å². The van der Waals surface area contributed by atoms with Crippen LogP contribution >= 0.6 is 0 Å². The molecule has 0 fully saturated rings. The topological polar surface area (TPSA) is 55.1 Å². The monoisotopic (exact) mass is 232 g/mol. The SMILES string of the molecule is C=CCCC(C)(Nc1ccc(C)cc1)C(N)=O. The van der Waals surface area contributed by atoms with E-state index in [2.05, 4.69) is 11.9 Å². The number of rotatable bonds is 6. The summed E-state index contributed by atoms with van der Waals surface area (Å²) in [5, 5.41) is 3.19. The minimum absolute atomic E-state index is 0.347. The van der Waals surface area contributed by atoms with Crippen molar-refractivity contribution in [2.24, 2.45) is 5.73 Å². The Kier molecular flexibility index (Phi) is 4.32. The van der Waals surface area contributed by atoms with Crippen LogP contribution in [0, 0.1) is 6.92 Å². The van der Waals surface area contributed by atoms with Gasteiger partial charge in [0.1, 0.15) is 5.54 Å². The molecule has 0 aliphatic heterocycles. The highest BCUT2D eigenvalue weighted by Gasteiger charge is 2.29. The molecule has 1 atom stereocenters. The average molecular weight is 232 g/mol. The number of nitrogens with two attached hydrogens (primary N) is 1. The fraction of sp³-hybridized carbons (Fsp3) is 0.357. The number of primary amides is 1. The molecule has 3 nitrogen and oxygen atoms in total. The van der Waals surface area contributed by atoms with Crippen molar-refractivity contribution in [3.63, 3.8) is 0 Å². The number of nitrogens with one attached hydrogen (secondary N) is 1. The summed E-state index contributed by atoms with van der Waals surface area (Å²) in [6.45, 7) is 7.50. The van der Waals surface area contributed by atoms with E-state index in [9.17, 15) is 4.79 Å². The molecular weight excluding hydrogens is 212 g/mol. The van der Waals surface area contributed by atoms with Crippen molar-refractivity contribution < 1.29 is 4.79 Å². The van der Waals surface area contributed by atoms with Crippen LogP contribution in [-0.2, 0) is 4.79 Å². The van der Waals surface area contributed by atoms with E-state index < -0.39 is 5.54 Å². The van der Waals surface area contributed by atoms with E-state index in [4.69, 9.17) is 5.73 Å². The molecule has 3 N–H and O–H groups in total. The van der Waals surface area contributed by atoms with Crippen LogP contribution < -0.4 is 11.1 Å². The third-order valence-electron chi connectivity index (χ3n) is 2.86. The fourth-order valence-electron chi connectivity index (χ4n) is 1.59. The minimum Gasteiger partial charge on any atom is -0.371 e. The van der Waals surface area contributed by atoms with Crippen LogP contribution in [0.1, 0.15) is 25.3 Å². The van der Waals surface area contributed by atoms with Crippen LogP contribution in [0.5, 0.6) is 0 Å². The zero-order valence-electron chi connectivity index (χ0n) is 10.5. The van der Waals surface area contributed by atoms with Gasteiger partial charge in [-0.05, 0) is 38.8 Å². The number of benzene rings is 1. The summed E-state index contributed by atoms with van der Waals surface area (Å²) in [7, 11) is 0. The molecule has 1 aromatic carbocycles. The number of carbonyl (C=O) groups excluding carboxylic acids is 1. The average Bonchev–Trinajstić information content (AvgIpc) is 2.29. The number of hydrogen-bond acceptors (Lipinski definition) is 2. The first-order valence-corrected chi connectivity index (χ1v) is 5.73. The third kappa shape index (κ3) is 3.63. The molecule has 0 aliphatic rings. The predicted molar refractivity (Wildman–Crippen MR) is 71.8 cm³/mol. The van der Waals surface area contributed by atoms with Crippen molar-refractivity contribution in [3.05, 3.63) is 42.5 Å². The Balaban J connectivity index is 2.82. The number of hydrogen-bond donors (Lipinski definition) is 2. The largest absolute Gasteiger partial charge is 0.371 e. The summed E-state index contributed by atoms with van der Waals surface area (Å²) in [5.41, 5.74) is 6.81. The number of carbonyl (C=O) groups is 1. The standard InChI is InChI=1S/C14H20N2O/c1-4-5-10-14(3,13(15)17)16-12-8-6-11(2)7-9-12/h4,6-9,16H,1,5,10H2,2-3H3,(H2,15,17). The Hall–Kier alpha value is -1.77. The summed E-state index contributed by atoms with van der Waals surface area (Å²) >= 11 is 0. The second-order valence-electron chi connectivity index (χ2n) is 4.51. The van der Waals surface area contributed by atoms with Crippen LogP contribution in [0.2, 0.25) is 0 Å². The Morgan fingerprint density at radius 1 is 1.47 bits per heavy atom. The van der Waals surface area contributed by atoms with Crippen LogP contribution in [0.4, 0.5) is 5.69 Å². The quantitative estimate of drug-likeness (QED) is 0.741. The molecule has 0 saturated heterocycles. The van der Waals surface area contributed by atoms with Gasteiger partial charge in [-0.2, -0.15) is 0 Å². The second-order valence-corrected chi connectivity index (χ2v) is 4.51. The molecule has 0 aromatic heterocycles. The molecule has 0 aliphatic carbocycles. The van der Waals surface area contributed by atoms with Crippen molar-refractivity contribution in [2.45, 2.75) is 32.2 Å². The van der Waals surface area contributed by atoms with Crippen LogP contribution in [0.25, 0.3) is 0 Å².